The molecule has 0 bridgehead atoms. The molecular formula is C15H13F2NOS. The molecule has 0 aliphatic heterocycles. The molecule has 104 valence electrons. The Bertz CT molecular complexity index is 602. The van der Waals surface area contributed by atoms with Crippen molar-refractivity contribution in [3.63, 3.8) is 0 Å². The summed E-state index contributed by atoms with van der Waals surface area (Å²) in [5.74, 6) is -2.74. The first-order chi connectivity index (χ1) is 9.49. The van der Waals surface area contributed by atoms with Gasteiger partial charge >= 0.3 is 5.92 Å². The van der Waals surface area contributed by atoms with E-state index in [0.717, 1.165) is 0 Å². The van der Waals surface area contributed by atoms with E-state index in [1.165, 1.54) is 12.1 Å². The Morgan fingerprint density at radius 3 is 2.45 bits per heavy atom. The largest absolute Gasteiger partial charge is 0.487 e. The Labute approximate surface area is 121 Å². The summed E-state index contributed by atoms with van der Waals surface area (Å²) in [6, 6.07) is 14.0. The predicted octanol–water partition coefficient (Wildman–Crippen LogP) is 3.49. The van der Waals surface area contributed by atoms with Crippen molar-refractivity contribution in [1.82, 2.24) is 0 Å². The molecule has 0 fully saturated rings. The van der Waals surface area contributed by atoms with Crippen molar-refractivity contribution in [2.24, 2.45) is 5.73 Å². The topological polar surface area (TPSA) is 35.2 Å². The average molecular weight is 293 g/mol. The first kappa shape index (κ1) is 14.4. The zero-order valence-electron chi connectivity index (χ0n) is 10.6. The summed E-state index contributed by atoms with van der Waals surface area (Å²) in [5.41, 5.74) is 5.99. The maximum atomic E-state index is 13.9. The number of halogens is 2. The van der Waals surface area contributed by atoms with Gasteiger partial charge in [-0.25, -0.2) is 0 Å². The van der Waals surface area contributed by atoms with Gasteiger partial charge in [-0.2, -0.15) is 8.78 Å². The zero-order valence-corrected chi connectivity index (χ0v) is 11.4. The van der Waals surface area contributed by atoms with E-state index in [-0.39, 0.29) is 10.6 Å². The van der Waals surface area contributed by atoms with E-state index in [1.54, 1.807) is 42.5 Å². The second kappa shape index (κ2) is 5.96. The van der Waals surface area contributed by atoms with Crippen molar-refractivity contribution in [3.8, 4) is 5.75 Å². The fourth-order valence-electron chi connectivity index (χ4n) is 1.68. The van der Waals surface area contributed by atoms with Crippen molar-refractivity contribution in [2.45, 2.75) is 5.92 Å². The van der Waals surface area contributed by atoms with E-state index in [0.29, 0.717) is 11.3 Å². The minimum absolute atomic E-state index is 0.0782. The van der Waals surface area contributed by atoms with Crippen molar-refractivity contribution in [2.75, 3.05) is 6.61 Å². The number of thiocarbonyl (C=S) groups is 1. The normalized spacial score (nSPS) is 11.1. The molecule has 0 heterocycles. The lowest BCUT2D eigenvalue weighted by Gasteiger charge is -2.17. The Hall–Kier alpha value is -2.01. The van der Waals surface area contributed by atoms with Gasteiger partial charge in [-0.05, 0) is 12.1 Å². The van der Waals surface area contributed by atoms with E-state index in [4.69, 9.17) is 22.7 Å². The van der Waals surface area contributed by atoms with Gasteiger partial charge < -0.3 is 10.5 Å². The Morgan fingerprint density at radius 1 is 1.10 bits per heavy atom. The summed E-state index contributed by atoms with van der Waals surface area (Å²) in [7, 11) is 0. The standard InChI is InChI=1S/C15H13F2NOS/c16-15(17,12-6-2-1-3-7-12)10-19-13-8-4-5-11(9-13)14(18)20/h1-9H,10H2,(H2,18,20). The second-order valence-corrected chi connectivity index (χ2v) is 4.69. The number of rotatable bonds is 5. The molecule has 2 aromatic carbocycles. The SMILES string of the molecule is NC(=S)c1cccc(OCC(F)(F)c2ccccc2)c1. The fourth-order valence-corrected chi connectivity index (χ4v) is 1.81. The van der Waals surface area contributed by atoms with Crippen molar-refractivity contribution < 1.29 is 13.5 Å². The number of hydrogen-bond donors (Lipinski definition) is 1. The van der Waals surface area contributed by atoms with Crippen LogP contribution in [-0.2, 0) is 5.92 Å². The van der Waals surface area contributed by atoms with Gasteiger partial charge in [-0.1, -0.05) is 54.7 Å². The van der Waals surface area contributed by atoms with E-state index < -0.39 is 12.5 Å². The van der Waals surface area contributed by atoms with Crippen LogP contribution in [0.1, 0.15) is 11.1 Å². The molecule has 0 spiro atoms. The maximum absolute atomic E-state index is 13.9. The molecule has 5 heteroatoms. The van der Waals surface area contributed by atoms with Crippen LogP contribution in [0.15, 0.2) is 54.6 Å². The van der Waals surface area contributed by atoms with Gasteiger partial charge in [0.15, 0.2) is 6.61 Å². The highest BCUT2D eigenvalue weighted by atomic mass is 32.1. The van der Waals surface area contributed by atoms with Gasteiger partial charge in [0.2, 0.25) is 0 Å². The van der Waals surface area contributed by atoms with Crippen LogP contribution in [0.2, 0.25) is 0 Å². The van der Waals surface area contributed by atoms with Crippen molar-refractivity contribution in [3.05, 3.63) is 65.7 Å². The van der Waals surface area contributed by atoms with Crippen LogP contribution >= 0.6 is 12.2 Å². The summed E-state index contributed by atoms with van der Waals surface area (Å²) in [6.45, 7) is -0.738. The van der Waals surface area contributed by atoms with E-state index in [2.05, 4.69) is 0 Å². The Kier molecular flexibility index (Phi) is 4.29. The molecule has 2 rings (SSSR count). The summed E-state index contributed by atoms with van der Waals surface area (Å²) >= 11 is 4.83. The van der Waals surface area contributed by atoms with Gasteiger partial charge in [-0.3, -0.25) is 0 Å². The van der Waals surface area contributed by atoms with Crippen LogP contribution in [0.3, 0.4) is 0 Å². The van der Waals surface area contributed by atoms with Crippen molar-refractivity contribution >= 4 is 17.2 Å². The number of ether oxygens (including phenoxy) is 1. The predicted molar refractivity (Wildman–Crippen MR) is 78.2 cm³/mol. The lowest BCUT2D eigenvalue weighted by molar-refractivity contribution is -0.0467. The van der Waals surface area contributed by atoms with Gasteiger partial charge in [0, 0.05) is 11.1 Å². The molecule has 0 atom stereocenters. The summed E-state index contributed by atoms with van der Waals surface area (Å²) in [4.78, 5) is 0.199. The molecule has 0 radical (unpaired) electrons. The van der Waals surface area contributed by atoms with Crippen LogP contribution in [0.4, 0.5) is 8.78 Å². The highest BCUT2D eigenvalue weighted by Crippen LogP contribution is 2.28. The molecule has 2 nitrogen and oxygen atoms in total. The van der Waals surface area contributed by atoms with Gasteiger partial charge in [-0.15, -0.1) is 0 Å². The molecular weight excluding hydrogens is 280 g/mol. The smallest absolute Gasteiger partial charge is 0.306 e. The number of hydrogen-bond acceptors (Lipinski definition) is 2. The van der Waals surface area contributed by atoms with Crippen molar-refractivity contribution in [1.29, 1.82) is 0 Å². The van der Waals surface area contributed by atoms with Crippen LogP contribution in [0.25, 0.3) is 0 Å². The molecule has 2 N–H and O–H groups in total. The minimum atomic E-state index is -3.06. The third-order valence-corrected chi connectivity index (χ3v) is 2.97. The molecule has 0 saturated carbocycles. The van der Waals surface area contributed by atoms with Crippen LogP contribution in [-0.4, -0.2) is 11.6 Å². The second-order valence-electron chi connectivity index (χ2n) is 4.25. The van der Waals surface area contributed by atoms with Crippen LogP contribution < -0.4 is 10.5 Å². The monoisotopic (exact) mass is 293 g/mol. The molecule has 0 aliphatic rings. The van der Waals surface area contributed by atoms with Gasteiger partial charge in [0.25, 0.3) is 0 Å². The quantitative estimate of drug-likeness (QED) is 0.857. The summed E-state index contributed by atoms with van der Waals surface area (Å²) in [6.07, 6.45) is 0. The van der Waals surface area contributed by atoms with E-state index in [9.17, 15) is 8.78 Å². The first-order valence-corrected chi connectivity index (χ1v) is 6.36. The molecule has 0 unspecified atom stereocenters. The number of nitrogens with two attached hydrogens (primary N) is 1. The minimum Gasteiger partial charge on any atom is -0.487 e. The Balaban J connectivity index is 2.08. The Morgan fingerprint density at radius 2 is 1.80 bits per heavy atom. The fraction of sp³-hybridized carbons (Fsp3) is 0.133. The number of benzene rings is 2. The molecule has 0 amide bonds. The van der Waals surface area contributed by atoms with Crippen LogP contribution in [0, 0.1) is 0 Å². The summed E-state index contributed by atoms with van der Waals surface area (Å²) in [5, 5.41) is 0. The molecule has 0 aliphatic carbocycles. The lowest BCUT2D eigenvalue weighted by Crippen LogP contribution is -2.23. The van der Waals surface area contributed by atoms with E-state index >= 15 is 0 Å². The van der Waals surface area contributed by atoms with Gasteiger partial charge in [0.1, 0.15) is 10.7 Å². The van der Waals surface area contributed by atoms with Gasteiger partial charge in [0.05, 0.1) is 0 Å². The highest BCUT2D eigenvalue weighted by Gasteiger charge is 2.32. The third kappa shape index (κ3) is 3.51. The zero-order chi connectivity index (χ0) is 14.6. The molecule has 2 aromatic rings. The molecule has 0 aromatic heterocycles. The molecule has 20 heavy (non-hydrogen) atoms. The van der Waals surface area contributed by atoms with Crippen LogP contribution in [0.5, 0.6) is 5.75 Å². The average Bonchev–Trinajstić information content (AvgIpc) is 2.46. The highest BCUT2D eigenvalue weighted by molar-refractivity contribution is 7.80. The lowest BCUT2D eigenvalue weighted by atomic mass is 10.1. The third-order valence-electron chi connectivity index (χ3n) is 2.73. The van der Waals surface area contributed by atoms with E-state index in [1.807, 2.05) is 0 Å². The first-order valence-electron chi connectivity index (χ1n) is 5.95. The molecule has 0 saturated heterocycles. The number of alkyl halides is 2. The maximum Gasteiger partial charge on any atom is 0.306 e. The summed E-state index contributed by atoms with van der Waals surface area (Å²) < 4.78 is 33.0.